The van der Waals surface area contributed by atoms with Crippen molar-refractivity contribution in [2.45, 2.75) is 26.7 Å². The molecule has 5 nitrogen and oxygen atoms in total. The number of benzene rings is 2. The van der Waals surface area contributed by atoms with Crippen molar-refractivity contribution < 1.29 is 4.79 Å². The van der Waals surface area contributed by atoms with Gasteiger partial charge in [-0.2, -0.15) is 5.10 Å². The third-order valence-electron chi connectivity index (χ3n) is 5.58. The van der Waals surface area contributed by atoms with E-state index in [0.717, 1.165) is 24.5 Å². The summed E-state index contributed by atoms with van der Waals surface area (Å²) >= 11 is 0. The van der Waals surface area contributed by atoms with E-state index in [9.17, 15) is 4.79 Å². The molecule has 1 aliphatic heterocycles. The second kappa shape index (κ2) is 8.35. The number of amides is 1. The Bertz CT molecular complexity index is 1030. The lowest BCUT2D eigenvalue weighted by Gasteiger charge is -2.17. The van der Waals surface area contributed by atoms with Crippen molar-refractivity contribution in [1.82, 2.24) is 9.99 Å². The number of nitrogens with one attached hydrogen (secondary N) is 1. The fourth-order valence-corrected chi connectivity index (χ4v) is 3.74. The smallest absolute Gasteiger partial charge is 0.271 e. The third kappa shape index (κ3) is 4.09. The van der Waals surface area contributed by atoms with Crippen molar-refractivity contribution >= 4 is 17.8 Å². The maximum atomic E-state index is 12.4. The summed E-state index contributed by atoms with van der Waals surface area (Å²) in [5.41, 5.74) is 8.90. The molecule has 0 bridgehead atoms. The van der Waals surface area contributed by atoms with Crippen LogP contribution in [0, 0.1) is 13.8 Å². The molecule has 5 heteroatoms. The van der Waals surface area contributed by atoms with Gasteiger partial charge in [0.25, 0.3) is 5.91 Å². The van der Waals surface area contributed by atoms with Gasteiger partial charge < -0.3 is 9.47 Å². The molecular formula is C24H26N4O. The number of aromatic nitrogens is 1. The Morgan fingerprint density at radius 3 is 2.52 bits per heavy atom. The zero-order valence-electron chi connectivity index (χ0n) is 16.9. The second-order valence-electron chi connectivity index (χ2n) is 7.46. The van der Waals surface area contributed by atoms with Gasteiger partial charge in [0.1, 0.15) is 0 Å². The van der Waals surface area contributed by atoms with Crippen LogP contribution in [0.5, 0.6) is 0 Å². The first kappa shape index (κ1) is 19.0. The molecule has 1 saturated heterocycles. The van der Waals surface area contributed by atoms with E-state index in [-0.39, 0.29) is 5.91 Å². The standard InChI is InChI=1S/C24H26N4O/c1-18-7-5-9-23(19(18)2)28-16-6-8-22(28)17-25-26-24(29)20-10-12-21(13-11-20)27-14-3-4-15-27/h5-13,16-17H,3-4,14-15H2,1-2H3,(H,26,29)/b25-17-. The molecule has 0 atom stereocenters. The highest BCUT2D eigenvalue weighted by Gasteiger charge is 2.13. The lowest BCUT2D eigenvalue weighted by atomic mass is 10.1. The van der Waals surface area contributed by atoms with E-state index in [1.807, 2.05) is 48.7 Å². The Morgan fingerprint density at radius 2 is 1.76 bits per heavy atom. The molecule has 148 valence electrons. The van der Waals surface area contributed by atoms with Crippen LogP contribution in [0.4, 0.5) is 5.69 Å². The first-order valence-corrected chi connectivity index (χ1v) is 10.1. The summed E-state index contributed by atoms with van der Waals surface area (Å²) in [7, 11) is 0. The predicted molar refractivity (Wildman–Crippen MR) is 118 cm³/mol. The Morgan fingerprint density at radius 1 is 1.00 bits per heavy atom. The van der Waals surface area contributed by atoms with E-state index < -0.39 is 0 Å². The van der Waals surface area contributed by atoms with Gasteiger partial charge in [-0.25, -0.2) is 5.43 Å². The quantitative estimate of drug-likeness (QED) is 0.520. The second-order valence-corrected chi connectivity index (χ2v) is 7.46. The monoisotopic (exact) mass is 386 g/mol. The minimum absolute atomic E-state index is 0.209. The van der Waals surface area contributed by atoms with Gasteiger partial charge in [-0.15, -0.1) is 0 Å². The third-order valence-corrected chi connectivity index (χ3v) is 5.58. The van der Waals surface area contributed by atoms with Gasteiger partial charge in [-0.05, 0) is 80.3 Å². The Hall–Kier alpha value is -3.34. The highest BCUT2D eigenvalue weighted by atomic mass is 16.2. The van der Waals surface area contributed by atoms with Crippen LogP contribution in [0.1, 0.15) is 40.0 Å². The lowest BCUT2D eigenvalue weighted by Crippen LogP contribution is -2.19. The molecule has 4 rings (SSSR count). The van der Waals surface area contributed by atoms with E-state index in [0.29, 0.717) is 5.56 Å². The van der Waals surface area contributed by atoms with Crippen molar-refractivity contribution in [1.29, 1.82) is 0 Å². The zero-order valence-corrected chi connectivity index (χ0v) is 16.9. The molecule has 0 unspecified atom stereocenters. The summed E-state index contributed by atoms with van der Waals surface area (Å²) in [6, 6.07) is 17.9. The molecule has 3 aromatic rings. The van der Waals surface area contributed by atoms with Crippen molar-refractivity contribution in [2.24, 2.45) is 5.10 Å². The number of anilines is 1. The lowest BCUT2D eigenvalue weighted by molar-refractivity contribution is 0.0955. The van der Waals surface area contributed by atoms with Gasteiger partial charge in [0.05, 0.1) is 11.9 Å². The Balaban J connectivity index is 1.44. The Labute approximate surface area is 171 Å². The first-order chi connectivity index (χ1) is 14.1. The summed E-state index contributed by atoms with van der Waals surface area (Å²) in [4.78, 5) is 14.8. The largest absolute Gasteiger partial charge is 0.372 e. The number of hydrogen-bond donors (Lipinski definition) is 1. The van der Waals surface area contributed by atoms with Crippen LogP contribution in [0.15, 0.2) is 65.9 Å². The summed E-state index contributed by atoms with van der Waals surface area (Å²) in [5.74, 6) is -0.209. The van der Waals surface area contributed by atoms with Crippen LogP contribution < -0.4 is 10.3 Å². The Kier molecular flexibility index (Phi) is 5.47. The molecule has 1 fully saturated rings. The topological polar surface area (TPSA) is 49.6 Å². The normalized spacial score (nSPS) is 13.9. The van der Waals surface area contributed by atoms with E-state index in [2.05, 4.69) is 46.0 Å². The van der Waals surface area contributed by atoms with Crippen molar-refractivity contribution in [2.75, 3.05) is 18.0 Å². The molecule has 0 radical (unpaired) electrons. The summed E-state index contributed by atoms with van der Waals surface area (Å²) < 4.78 is 2.07. The number of hydrogen-bond acceptors (Lipinski definition) is 3. The number of carbonyl (C=O) groups is 1. The van der Waals surface area contributed by atoms with Crippen molar-refractivity contribution in [3.05, 3.63) is 83.2 Å². The molecule has 0 saturated carbocycles. The van der Waals surface area contributed by atoms with Crippen LogP contribution in [0.3, 0.4) is 0 Å². The molecule has 0 spiro atoms. The maximum absolute atomic E-state index is 12.4. The van der Waals surface area contributed by atoms with Gasteiger partial charge in [0, 0.05) is 36.2 Å². The molecular weight excluding hydrogens is 360 g/mol. The van der Waals surface area contributed by atoms with Crippen molar-refractivity contribution in [3.63, 3.8) is 0 Å². The number of hydrazone groups is 1. The summed E-state index contributed by atoms with van der Waals surface area (Å²) in [6.45, 7) is 6.40. The average Bonchev–Trinajstić information content (AvgIpc) is 3.42. The fraction of sp³-hybridized carbons (Fsp3) is 0.250. The molecule has 1 aromatic heterocycles. The zero-order chi connectivity index (χ0) is 20.2. The highest BCUT2D eigenvalue weighted by Crippen LogP contribution is 2.21. The van der Waals surface area contributed by atoms with Crippen LogP contribution in [0.25, 0.3) is 5.69 Å². The highest BCUT2D eigenvalue weighted by molar-refractivity contribution is 5.95. The average molecular weight is 386 g/mol. The molecule has 2 aromatic carbocycles. The summed E-state index contributed by atoms with van der Waals surface area (Å²) in [5, 5.41) is 4.17. The minimum atomic E-state index is -0.209. The summed E-state index contributed by atoms with van der Waals surface area (Å²) in [6.07, 6.45) is 6.15. The number of carbonyl (C=O) groups excluding carboxylic acids is 1. The molecule has 1 N–H and O–H groups in total. The van der Waals surface area contributed by atoms with E-state index >= 15 is 0 Å². The van der Waals surface area contributed by atoms with Gasteiger partial charge in [-0.1, -0.05) is 12.1 Å². The SMILES string of the molecule is Cc1cccc(-n2cccc2/C=N\NC(=O)c2ccc(N3CCCC3)cc2)c1C. The maximum Gasteiger partial charge on any atom is 0.271 e. The number of nitrogens with zero attached hydrogens (tertiary/aromatic N) is 3. The van der Waals surface area contributed by atoms with Crippen LogP contribution in [0.2, 0.25) is 0 Å². The number of rotatable bonds is 5. The van der Waals surface area contributed by atoms with Crippen molar-refractivity contribution in [3.8, 4) is 5.69 Å². The van der Waals surface area contributed by atoms with Gasteiger partial charge in [0.15, 0.2) is 0 Å². The van der Waals surface area contributed by atoms with Crippen LogP contribution in [-0.2, 0) is 0 Å². The first-order valence-electron chi connectivity index (χ1n) is 10.1. The van der Waals surface area contributed by atoms with Gasteiger partial charge in [0.2, 0.25) is 0 Å². The van der Waals surface area contributed by atoms with Gasteiger partial charge >= 0.3 is 0 Å². The minimum Gasteiger partial charge on any atom is -0.372 e. The van der Waals surface area contributed by atoms with Gasteiger partial charge in [-0.3, -0.25) is 4.79 Å². The van der Waals surface area contributed by atoms with Crippen LogP contribution in [-0.4, -0.2) is 29.8 Å². The molecule has 1 amide bonds. The van der Waals surface area contributed by atoms with E-state index in [4.69, 9.17) is 0 Å². The fourth-order valence-electron chi connectivity index (χ4n) is 3.74. The molecule has 29 heavy (non-hydrogen) atoms. The molecule has 0 aliphatic carbocycles. The van der Waals surface area contributed by atoms with Crippen LogP contribution >= 0.6 is 0 Å². The van der Waals surface area contributed by atoms with E-state index in [1.165, 1.54) is 29.7 Å². The van der Waals surface area contributed by atoms with E-state index in [1.54, 1.807) is 6.21 Å². The predicted octanol–water partition coefficient (Wildman–Crippen LogP) is 4.46. The number of aryl methyl sites for hydroxylation is 1. The molecule has 2 heterocycles. The molecule has 1 aliphatic rings.